The van der Waals surface area contributed by atoms with Gasteiger partial charge >= 0.3 is 0 Å². The number of carbonyl (C=O) groups excluding carboxylic acids is 1. The Hall–Kier alpha value is -3.43. The number of benzene rings is 2. The average molecular weight is 455 g/mol. The van der Waals surface area contributed by atoms with Crippen LogP contribution < -0.4 is 20.1 Å². The van der Waals surface area contributed by atoms with Crippen LogP contribution in [0.5, 0.6) is 11.5 Å². The fourth-order valence-corrected chi connectivity index (χ4v) is 3.93. The van der Waals surface area contributed by atoms with Crippen molar-refractivity contribution >= 4 is 21.6 Å². The number of anilines is 1. The molecule has 0 saturated heterocycles. The molecule has 1 amide bonds. The number of sulfonamides is 1. The first-order chi connectivity index (χ1) is 15.2. The Morgan fingerprint density at radius 1 is 1.06 bits per heavy atom. The maximum absolute atomic E-state index is 12.5. The highest BCUT2D eigenvalue weighted by Crippen LogP contribution is 2.26. The molecule has 0 saturated carbocycles. The van der Waals surface area contributed by atoms with Crippen LogP contribution in [0, 0.1) is 6.92 Å². The van der Waals surface area contributed by atoms with Crippen molar-refractivity contribution in [2.45, 2.75) is 19.5 Å². The molecular weight excluding hydrogens is 428 g/mol. The Morgan fingerprint density at radius 3 is 2.22 bits per heavy atom. The Bertz CT molecular complexity index is 1130. The smallest absolute Gasteiger partial charge is 0.236 e. The van der Waals surface area contributed by atoms with Crippen molar-refractivity contribution < 1.29 is 17.9 Å². The molecule has 32 heavy (non-hydrogen) atoms. The van der Waals surface area contributed by atoms with E-state index >= 15 is 0 Å². The third kappa shape index (κ3) is 6.53. The van der Waals surface area contributed by atoms with E-state index in [1.54, 1.807) is 42.6 Å². The van der Waals surface area contributed by atoms with E-state index in [0.717, 1.165) is 16.1 Å². The minimum atomic E-state index is -3.68. The summed E-state index contributed by atoms with van der Waals surface area (Å²) >= 11 is 0. The Morgan fingerprint density at radius 2 is 1.69 bits per heavy atom. The molecule has 1 atom stereocenters. The lowest BCUT2D eigenvalue weighted by atomic mass is 10.2. The number of ether oxygens (including phenoxy) is 1. The number of carbonyl (C=O) groups is 1. The van der Waals surface area contributed by atoms with E-state index < -0.39 is 22.0 Å². The van der Waals surface area contributed by atoms with Crippen molar-refractivity contribution in [3.8, 4) is 11.5 Å². The number of aromatic nitrogens is 1. The van der Waals surface area contributed by atoms with Gasteiger partial charge in [0.15, 0.2) is 0 Å². The fraction of sp³-hybridized carbons (Fsp3) is 0.217. The van der Waals surface area contributed by atoms with Crippen molar-refractivity contribution in [2.75, 3.05) is 17.1 Å². The molecule has 0 bridgehead atoms. The summed E-state index contributed by atoms with van der Waals surface area (Å²) in [7, 11) is -3.68. The van der Waals surface area contributed by atoms with Gasteiger partial charge in [-0.05, 0) is 55.5 Å². The van der Waals surface area contributed by atoms with E-state index in [4.69, 9.17) is 10.5 Å². The van der Waals surface area contributed by atoms with Gasteiger partial charge in [0, 0.05) is 12.7 Å². The largest absolute Gasteiger partial charge is 0.457 e. The van der Waals surface area contributed by atoms with E-state index in [1.165, 1.54) is 0 Å². The molecule has 1 heterocycles. The minimum absolute atomic E-state index is 0.154. The summed E-state index contributed by atoms with van der Waals surface area (Å²) < 4.78 is 31.9. The van der Waals surface area contributed by atoms with E-state index in [0.29, 0.717) is 22.9 Å². The monoisotopic (exact) mass is 454 g/mol. The maximum Gasteiger partial charge on any atom is 0.236 e. The molecule has 3 aromatic rings. The summed E-state index contributed by atoms with van der Waals surface area (Å²) in [5.74, 6) is 0.579. The van der Waals surface area contributed by atoms with Crippen LogP contribution in [0.1, 0.15) is 11.3 Å². The number of rotatable bonds is 10. The van der Waals surface area contributed by atoms with Crippen molar-refractivity contribution in [2.24, 2.45) is 5.73 Å². The van der Waals surface area contributed by atoms with Gasteiger partial charge < -0.3 is 10.5 Å². The van der Waals surface area contributed by atoms with Gasteiger partial charge in [-0.2, -0.15) is 0 Å². The standard InChI is InChI=1S/C23H26N4O4S/c1-17-6-10-20(11-7-17)31-21-12-8-19(9-13-21)27(32(2,29)30)16-22(23(24)28)26-15-18-5-3-4-14-25-18/h3-14,22,26H,15-16H2,1-2H3,(H2,24,28)/t22-/m0/s1. The van der Waals surface area contributed by atoms with Gasteiger partial charge in [-0.25, -0.2) is 8.42 Å². The van der Waals surface area contributed by atoms with Crippen LogP contribution in [0.15, 0.2) is 72.9 Å². The van der Waals surface area contributed by atoms with Crippen molar-refractivity contribution in [3.05, 3.63) is 84.2 Å². The van der Waals surface area contributed by atoms with Gasteiger partial charge in [0.1, 0.15) is 17.5 Å². The number of pyridine rings is 1. The Labute approximate surface area is 188 Å². The van der Waals surface area contributed by atoms with Gasteiger partial charge in [0.05, 0.1) is 24.2 Å². The van der Waals surface area contributed by atoms with Crippen LogP contribution in [0.3, 0.4) is 0 Å². The molecule has 0 aliphatic carbocycles. The molecule has 8 nitrogen and oxygen atoms in total. The van der Waals surface area contributed by atoms with Crippen LogP contribution in [0.25, 0.3) is 0 Å². The van der Waals surface area contributed by atoms with E-state index in [1.807, 2.05) is 37.3 Å². The highest BCUT2D eigenvalue weighted by atomic mass is 32.2. The zero-order valence-electron chi connectivity index (χ0n) is 17.9. The second kappa shape index (κ2) is 10.3. The summed E-state index contributed by atoms with van der Waals surface area (Å²) in [6.07, 6.45) is 2.72. The van der Waals surface area contributed by atoms with Crippen molar-refractivity contribution in [1.82, 2.24) is 10.3 Å². The summed E-state index contributed by atoms with van der Waals surface area (Å²) in [5.41, 5.74) is 7.76. The lowest BCUT2D eigenvalue weighted by Gasteiger charge is -2.27. The first kappa shape index (κ1) is 23.2. The number of hydrogen-bond acceptors (Lipinski definition) is 6. The van der Waals surface area contributed by atoms with Gasteiger partial charge in [0.2, 0.25) is 15.9 Å². The molecule has 0 aliphatic heterocycles. The second-order valence-electron chi connectivity index (χ2n) is 7.36. The van der Waals surface area contributed by atoms with Crippen LogP contribution in [0.2, 0.25) is 0 Å². The number of nitrogens with two attached hydrogens (primary N) is 1. The Kier molecular flexibility index (Phi) is 7.45. The normalized spacial score (nSPS) is 12.2. The summed E-state index contributed by atoms with van der Waals surface area (Å²) in [5, 5.41) is 2.99. The molecule has 0 radical (unpaired) electrons. The molecule has 0 fully saturated rings. The average Bonchev–Trinajstić information content (AvgIpc) is 2.76. The predicted molar refractivity (Wildman–Crippen MR) is 124 cm³/mol. The number of primary amides is 1. The number of hydrogen-bond donors (Lipinski definition) is 2. The third-order valence-electron chi connectivity index (χ3n) is 4.73. The molecule has 3 N–H and O–H groups in total. The topological polar surface area (TPSA) is 115 Å². The van der Waals surface area contributed by atoms with Crippen LogP contribution in [-0.2, 0) is 21.4 Å². The zero-order chi connectivity index (χ0) is 23.1. The quantitative estimate of drug-likeness (QED) is 0.487. The summed E-state index contributed by atoms with van der Waals surface area (Å²) in [6, 6.07) is 18.7. The molecular formula is C23H26N4O4S. The molecule has 3 rings (SSSR count). The van der Waals surface area contributed by atoms with Crippen LogP contribution in [-0.4, -0.2) is 38.2 Å². The van der Waals surface area contributed by atoms with E-state index in [9.17, 15) is 13.2 Å². The fourth-order valence-electron chi connectivity index (χ4n) is 3.01. The summed E-state index contributed by atoms with van der Waals surface area (Å²) in [4.78, 5) is 16.2. The first-order valence-corrected chi connectivity index (χ1v) is 11.8. The number of nitrogens with zero attached hydrogens (tertiary/aromatic N) is 2. The van der Waals surface area contributed by atoms with E-state index in [-0.39, 0.29) is 13.1 Å². The maximum atomic E-state index is 12.5. The molecule has 9 heteroatoms. The van der Waals surface area contributed by atoms with Crippen LogP contribution >= 0.6 is 0 Å². The van der Waals surface area contributed by atoms with Crippen LogP contribution in [0.4, 0.5) is 5.69 Å². The highest BCUT2D eigenvalue weighted by molar-refractivity contribution is 7.92. The van der Waals surface area contributed by atoms with Gasteiger partial charge in [0.25, 0.3) is 0 Å². The first-order valence-electron chi connectivity index (χ1n) is 9.97. The molecule has 0 aliphatic rings. The number of amides is 1. The Balaban J connectivity index is 1.74. The SMILES string of the molecule is Cc1ccc(Oc2ccc(N(C[C@H](NCc3ccccn3)C(N)=O)S(C)(=O)=O)cc2)cc1. The molecule has 1 aromatic heterocycles. The third-order valence-corrected chi connectivity index (χ3v) is 5.89. The predicted octanol–water partition coefficient (Wildman–Crippen LogP) is 2.59. The molecule has 168 valence electrons. The van der Waals surface area contributed by atoms with Gasteiger partial charge in [-0.1, -0.05) is 23.8 Å². The lowest BCUT2D eigenvalue weighted by molar-refractivity contribution is -0.119. The molecule has 2 aromatic carbocycles. The highest BCUT2D eigenvalue weighted by Gasteiger charge is 2.25. The van der Waals surface area contributed by atoms with Crippen molar-refractivity contribution in [1.29, 1.82) is 0 Å². The number of nitrogens with one attached hydrogen (secondary N) is 1. The van der Waals surface area contributed by atoms with Crippen molar-refractivity contribution in [3.63, 3.8) is 0 Å². The van der Waals surface area contributed by atoms with Gasteiger partial charge in [-0.15, -0.1) is 0 Å². The lowest BCUT2D eigenvalue weighted by Crippen LogP contribution is -2.50. The second-order valence-corrected chi connectivity index (χ2v) is 9.27. The zero-order valence-corrected chi connectivity index (χ0v) is 18.7. The minimum Gasteiger partial charge on any atom is -0.457 e. The molecule has 0 unspecified atom stereocenters. The van der Waals surface area contributed by atoms with E-state index in [2.05, 4.69) is 10.3 Å². The molecule has 0 spiro atoms. The van der Waals surface area contributed by atoms with Gasteiger partial charge in [-0.3, -0.25) is 19.4 Å². The summed E-state index contributed by atoms with van der Waals surface area (Å²) in [6.45, 7) is 2.11. The number of aryl methyl sites for hydroxylation is 1.